The molecule has 0 aliphatic carbocycles. The van der Waals surface area contributed by atoms with E-state index in [1.165, 1.54) is 17.3 Å². The van der Waals surface area contributed by atoms with Gasteiger partial charge in [0.15, 0.2) is 5.16 Å². The second-order valence-corrected chi connectivity index (χ2v) is 9.04. The van der Waals surface area contributed by atoms with Crippen LogP contribution in [0.5, 0.6) is 0 Å². The number of ketones is 1. The summed E-state index contributed by atoms with van der Waals surface area (Å²) in [4.78, 5) is 14.9. The fraction of sp³-hybridized carbons (Fsp3) is 0.375. The number of nitrogens with zero attached hydrogens (tertiary/aromatic N) is 4. The van der Waals surface area contributed by atoms with Crippen molar-refractivity contribution in [1.82, 2.24) is 14.8 Å². The first kappa shape index (κ1) is 22.8. The summed E-state index contributed by atoms with van der Waals surface area (Å²) < 4.78 is 7.49. The number of aromatic nitrogens is 3. The smallest absolute Gasteiger partial charge is 0.191 e. The molecule has 0 atom stereocenters. The minimum Gasteiger partial charge on any atom is -0.378 e. The standard InChI is InChI=1S/C24H27ClN4O2S/c1-2-29-23(16-18-6-4-3-5-7-18)26-27-24(29)32-17-20(30)14-19-8-9-22(21(25)15-19)28-10-12-31-13-11-28/h3-9,15H,2,10-14,16-17H2,1H3. The molecule has 0 spiro atoms. The summed E-state index contributed by atoms with van der Waals surface area (Å²) in [5.41, 5.74) is 3.13. The molecule has 0 unspecified atom stereocenters. The number of Topliss-reactive ketones (excluding diaryl/α,β-unsaturated/α-hetero) is 1. The maximum Gasteiger partial charge on any atom is 0.191 e. The summed E-state index contributed by atoms with van der Waals surface area (Å²) in [6, 6.07) is 16.1. The van der Waals surface area contributed by atoms with Gasteiger partial charge in [0.2, 0.25) is 0 Å². The SMILES string of the molecule is CCn1c(Cc2ccccc2)nnc1SCC(=O)Cc1ccc(N2CCOCC2)c(Cl)c1. The van der Waals surface area contributed by atoms with E-state index >= 15 is 0 Å². The van der Waals surface area contributed by atoms with Crippen LogP contribution in [-0.4, -0.2) is 52.6 Å². The number of morpholine rings is 1. The van der Waals surface area contributed by atoms with Crippen molar-refractivity contribution in [3.05, 3.63) is 70.5 Å². The van der Waals surface area contributed by atoms with Gasteiger partial charge in [-0.25, -0.2) is 0 Å². The van der Waals surface area contributed by atoms with Crippen molar-refractivity contribution in [2.75, 3.05) is 37.0 Å². The van der Waals surface area contributed by atoms with Gasteiger partial charge in [-0.2, -0.15) is 0 Å². The Balaban J connectivity index is 1.34. The number of carbonyl (C=O) groups excluding carboxylic acids is 1. The van der Waals surface area contributed by atoms with Gasteiger partial charge in [-0.05, 0) is 30.2 Å². The highest BCUT2D eigenvalue weighted by Crippen LogP contribution is 2.28. The Morgan fingerprint density at radius 2 is 1.88 bits per heavy atom. The molecule has 0 saturated carbocycles. The van der Waals surface area contributed by atoms with E-state index in [2.05, 4.69) is 38.7 Å². The zero-order valence-electron chi connectivity index (χ0n) is 18.2. The maximum absolute atomic E-state index is 12.6. The normalized spacial score (nSPS) is 14.0. The van der Waals surface area contributed by atoms with Gasteiger partial charge in [0.1, 0.15) is 11.6 Å². The molecule has 1 fully saturated rings. The molecule has 2 heterocycles. The number of hydrogen-bond acceptors (Lipinski definition) is 6. The van der Waals surface area contributed by atoms with Gasteiger partial charge >= 0.3 is 0 Å². The molecule has 32 heavy (non-hydrogen) atoms. The van der Waals surface area contributed by atoms with Gasteiger partial charge in [-0.1, -0.05) is 59.8 Å². The monoisotopic (exact) mass is 470 g/mol. The van der Waals surface area contributed by atoms with Crippen molar-refractivity contribution in [3.63, 3.8) is 0 Å². The first-order valence-corrected chi connectivity index (χ1v) is 12.2. The summed E-state index contributed by atoms with van der Waals surface area (Å²) in [6.45, 7) is 5.93. The van der Waals surface area contributed by atoms with Gasteiger partial charge < -0.3 is 14.2 Å². The highest BCUT2D eigenvalue weighted by Gasteiger charge is 2.16. The van der Waals surface area contributed by atoms with E-state index in [0.29, 0.717) is 30.4 Å². The van der Waals surface area contributed by atoms with E-state index in [4.69, 9.17) is 16.3 Å². The van der Waals surface area contributed by atoms with Gasteiger partial charge in [-0.3, -0.25) is 4.79 Å². The van der Waals surface area contributed by atoms with Gasteiger partial charge in [0, 0.05) is 32.5 Å². The molecule has 1 aliphatic rings. The Morgan fingerprint density at radius 1 is 1.09 bits per heavy atom. The van der Waals surface area contributed by atoms with Gasteiger partial charge in [0.05, 0.1) is 29.7 Å². The predicted octanol–water partition coefficient (Wildman–Crippen LogP) is 4.28. The number of anilines is 1. The lowest BCUT2D eigenvalue weighted by Gasteiger charge is -2.29. The van der Waals surface area contributed by atoms with Crippen LogP contribution in [0.4, 0.5) is 5.69 Å². The Morgan fingerprint density at radius 3 is 2.59 bits per heavy atom. The summed E-state index contributed by atoms with van der Waals surface area (Å²) >= 11 is 7.95. The number of thioether (sulfide) groups is 1. The van der Waals surface area contributed by atoms with Crippen molar-refractivity contribution >= 4 is 34.8 Å². The molecule has 1 saturated heterocycles. The fourth-order valence-corrected chi connectivity index (χ4v) is 5.00. The molecule has 1 aromatic heterocycles. The summed E-state index contributed by atoms with van der Waals surface area (Å²) in [5, 5.41) is 10.2. The quantitative estimate of drug-likeness (QED) is 0.435. The van der Waals surface area contributed by atoms with Crippen LogP contribution >= 0.6 is 23.4 Å². The van der Waals surface area contributed by atoms with Crippen LogP contribution in [-0.2, 0) is 28.9 Å². The topological polar surface area (TPSA) is 60.2 Å². The molecule has 0 radical (unpaired) electrons. The Hall–Kier alpha value is -2.35. The molecule has 6 nitrogen and oxygen atoms in total. The van der Waals surface area contributed by atoms with Crippen molar-refractivity contribution in [2.45, 2.75) is 31.5 Å². The predicted molar refractivity (Wildman–Crippen MR) is 129 cm³/mol. The molecule has 1 aliphatic heterocycles. The average molecular weight is 471 g/mol. The molecule has 0 bridgehead atoms. The van der Waals surface area contributed by atoms with Crippen molar-refractivity contribution in [2.24, 2.45) is 0 Å². The summed E-state index contributed by atoms with van der Waals surface area (Å²) in [6.07, 6.45) is 1.08. The first-order valence-electron chi connectivity index (χ1n) is 10.9. The average Bonchev–Trinajstić information content (AvgIpc) is 3.20. The zero-order valence-corrected chi connectivity index (χ0v) is 19.7. The zero-order chi connectivity index (χ0) is 22.3. The fourth-order valence-electron chi connectivity index (χ4n) is 3.80. The Labute approximate surface area is 197 Å². The van der Waals surface area contributed by atoms with Crippen LogP contribution in [0.25, 0.3) is 0 Å². The maximum atomic E-state index is 12.6. The van der Waals surface area contributed by atoms with Crippen molar-refractivity contribution in [3.8, 4) is 0 Å². The van der Waals surface area contributed by atoms with E-state index in [1.54, 1.807) is 0 Å². The summed E-state index contributed by atoms with van der Waals surface area (Å²) in [7, 11) is 0. The third-order valence-corrected chi connectivity index (χ3v) is 6.77. The number of hydrogen-bond donors (Lipinski definition) is 0. The number of benzene rings is 2. The third kappa shape index (κ3) is 5.71. The molecule has 3 aromatic rings. The van der Waals surface area contributed by atoms with Crippen LogP contribution < -0.4 is 4.90 Å². The second-order valence-electron chi connectivity index (χ2n) is 7.69. The molecule has 168 valence electrons. The lowest BCUT2D eigenvalue weighted by molar-refractivity contribution is -0.116. The Bertz CT molecular complexity index is 1050. The number of carbonyl (C=O) groups is 1. The van der Waals surface area contributed by atoms with E-state index in [9.17, 15) is 4.79 Å². The van der Waals surface area contributed by atoms with Gasteiger partial charge in [0.25, 0.3) is 0 Å². The molecule has 2 aromatic carbocycles. The molecule has 4 rings (SSSR count). The largest absolute Gasteiger partial charge is 0.378 e. The van der Waals surface area contributed by atoms with Crippen LogP contribution in [0.3, 0.4) is 0 Å². The number of rotatable bonds is 9. The molecular weight excluding hydrogens is 444 g/mol. The number of halogens is 1. The summed E-state index contributed by atoms with van der Waals surface area (Å²) in [5.74, 6) is 1.41. The van der Waals surface area contributed by atoms with E-state index in [-0.39, 0.29) is 5.78 Å². The minimum atomic E-state index is 0.139. The molecule has 0 amide bonds. The lowest BCUT2D eigenvalue weighted by Crippen LogP contribution is -2.36. The van der Waals surface area contributed by atoms with Crippen LogP contribution in [0, 0.1) is 0 Å². The van der Waals surface area contributed by atoms with Crippen molar-refractivity contribution in [1.29, 1.82) is 0 Å². The third-order valence-electron chi connectivity index (χ3n) is 5.44. The van der Waals surface area contributed by atoms with Crippen molar-refractivity contribution < 1.29 is 9.53 Å². The van der Waals surface area contributed by atoms with Crippen LogP contribution in [0.2, 0.25) is 5.02 Å². The molecule has 0 N–H and O–H groups in total. The second kappa shape index (κ2) is 11.0. The Kier molecular flexibility index (Phi) is 7.84. The van der Waals surface area contributed by atoms with Crippen LogP contribution in [0.1, 0.15) is 23.9 Å². The van der Waals surface area contributed by atoms with E-state index < -0.39 is 0 Å². The highest BCUT2D eigenvalue weighted by atomic mass is 35.5. The minimum absolute atomic E-state index is 0.139. The highest BCUT2D eigenvalue weighted by molar-refractivity contribution is 7.99. The van der Waals surface area contributed by atoms with E-state index in [1.807, 2.05) is 36.4 Å². The first-order chi connectivity index (χ1) is 15.6. The molecular formula is C24H27ClN4O2S. The molecule has 8 heteroatoms. The van der Waals surface area contributed by atoms with E-state index in [0.717, 1.165) is 48.3 Å². The number of ether oxygens (including phenoxy) is 1. The lowest BCUT2D eigenvalue weighted by atomic mass is 10.1. The van der Waals surface area contributed by atoms with Crippen LogP contribution in [0.15, 0.2) is 53.7 Å². The van der Waals surface area contributed by atoms with Gasteiger partial charge in [-0.15, -0.1) is 10.2 Å².